The zero-order valence-corrected chi connectivity index (χ0v) is 9.63. The topological polar surface area (TPSA) is 55.1 Å². The summed E-state index contributed by atoms with van der Waals surface area (Å²) in [6.45, 7) is 2.20. The summed E-state index contributed by atoms with van der Waals surface area (Å²) in [5, 5.41) is 8.92. The number of imidazole rings is 1. The summed E-state index contributed by atoms with van der Waals surface area (Å²) in [4.78, 5) is 15.2. The molecule has 0 radical (unpaired) electrons. The second-order valence-electron chi connectivity index (χ2n) is 4.74. The van der Waals surface area contributed by atoms with E-state index in [0.717, 1.165) is 17.0 Å². The average molecular weight is 230 g/mol. The van der Waals surface area contributed by atoms with Crippen LogP contribution < -0.4 is 0 Å². The summed E-state index contributed by atoms with van der Waals surface area (Å²) in [7, 11) is 0. The Kier molecular flexibility index (Phi) is 2.18. The number of aromatic carboxylic acids is 1. The standard InChI is InChI=1S/C13H14N2O2/c1-8(9-2-3-9)15-7-14-11-6-10(13(16)17)4-5-12(11)15/h4-9H,2-3H2,1H3,(H,16,17). The number of aromatic nitrogens is 2. The third-order valence-corrected chi connectivity index (χ3v) is 3.56. The maximum absolute atomic E-state index is 10.9. The third-order valence-electron chi connectivity index (χ3n) is 3.56. The predicted octanol–water partition coefficient (Wildman–Crippen LogP) is 2.71. The number of nitrogens with zero attached hydrogens (tertiary/aromatic N) is 2. The molecule has 0 aliphatic heterocycles. The molecule has 0 amide bonds. The number of fused-ring (bicyclic) bond motifs is 1. The molecule has 1 heterocycles. The van der Waals surface area contributed by atoms with Gasteiger partial charge in [-0.1, -0.05) is 0 Å². The summed E-state index contributed by atoms with van der Waals surface area (Å²) in [5.41, 5.74) is 2.08. The number of benzene rings is 1. The van der Waals surface area contributed by atoms with E-state index in [1.165, 1.54) is 12.8 Å². The van der Waals surface area contributed by atoms with Crippen LogP contribution in [-0.2, 0) is 0 Å². The second kappa shape index (κ2) is 3.58. The van der Waals surface area contributed by atoms with Gasteiger partial charge in [-0.05, 0) is 43.9 Å². The molecule has 1 atom stereocenters. The molecular weight excluding hydrogens is 216 g/mol. The highest BCUT2D eigenvalue weighted by atomic mass is 16.4. The van der Waals surface area contributed by atoms with E-state index in [1.807, 2.05) is 12.4 Å². The molecule has 1 aromatic heterocycles. The molecule has 1 fully saturated rings. The summed E-state index contributed by atoms with van der Waals surface area (Å²) in [6, 6.07) is 5.58. The van der Waals surface area contributed by atoms with Gasteiger partial charge in [0.25, 0.3) is 0 Å². The average Bonchev–Trinajstić information content (AvgIpc) is 3.07. The van der Waals surface area contributed by atoms with E-state index in [2.05, 4.69) is 16.5 Å². The lowest BCUT2D eigenvalue weighted by Crippen LogP contribution is -2.05. The minimum Gasteiger partial charge on any atom is -0.478 e. The van der Waals surface area contributed by atoms with Crippen molar-refractivity contribution in [3.05, 3.63) is 30.1 Å². The van der Waals surface area contributed by atoms with Crippen molar-refractivity contribution < 1.29 is 9.90 Å². The first-order chi connectivity index (χ1) is 8.16. The van der Waals surface area contributed by atoms with Gasteiger partial charge in [0.1, 0.15) is 0 Å². The molecule has 1 saturated carbocycles. The van der Waals surface area contributed by atoms with Crippen LogP contribution in [0.5, 0.6) is 0 Å². The maximum atomic E-state index is 10.9. The van der Waals surface area contributed by atoms with Gasteiger partial charge in [0, 0.05) is 6.04 Å². The number of hydrogen-bond acceptors (Lipinski definition) is 2. The molecule has 0 saturated heterocycles. The molecule has 1 aliphatic rings. The van der Waals surface area contributed by atoms with Crippen LogP contribution in [0.3, 0.4) is 0 Å². The quantitative estimate of drug-likeness (QED) is 0.882. The maximum Gasteiger partial charge on any atom is 0.335 e. The molecule has 1 aromatic carbocycles. The lowest BCUT2D eigenvalue weighted by molar-refractivity contribution is 0.0697. The number of carboxylic acids is 1. The van der Waals surface area contributed by atoms with Crippen LogP contribution >= 0.6 is 0 Å². The van der Waals surface area contributed by atoms with Gasteiger partial charge in [-0.3, -0.25) is 0 Å². The molecule has 1 aliphatic carbocycles. The minimum absolute atomic E-state index is 0.293. The fraction of sp³-hybridized carbons (Fsp3) is 0.385. The number of rotatable bonds is 3. The molecule has 2 aromatic rings. The van der Waals surface area contributed by atoms with E-state index < -0.39 is 5.97 Å². The molecular formula is C13H14N2O2. The van der Waals surface area contributed by atoms with Gasteiger partial charge in [0.2, 0.25) is 0 Å². The molecule has 3 rings (SSSR count). The summed E-state index contributed by atoms with van der Waals surface area (Å²) >= 11 is 0. The van der Waals surface area contributed by atoms with Crippen molar-refractivity contribution in [3.8, 4) is 0 Å². The SMILES string of the molecule is CC(C1CC1)n1cnc2cc(C(=O)O)ccc21. The highest BCUT2D eigenvalue weighted by Gasteiger charge is 2.29. The van der Waals surface area contributed by atoms with Crippen molar-refractivity contribution >= 4 is 17.0 Å². The van der Waals surface area contributed by atoms with Crippen LogP contribution in [0.1, 0.15) is 36.2 Å². The summed E-state index contributed by atoms with van der Waals surface area (Å²) in [5.74, 6) is -0.150. The molecule has 4 heteroatoms. The highest BCUT2D eigenvalue weighted by molar-refractivity contribution is 5.92. The molecule has 17 heavy (non-hydrogen) atoms. The summed E-state index contributed by atoms with van der Waals surface area (Å²) < 4.78 is 2.15. The normalized spacial score (nSPS) is 17.2. The minimum atomic E-state index is -0.906. The molecule has 1 N–H and O–H groups in total. The lowest BCUT2D eigenvalue weighted by Gasteiger charge is -2.12. The fourth-order valence-corrected chi connectivity index (χ4v) is 2.30. The number of hydrogen-bond donors (Lipinski definition) is 1. The summed E-state index contributed by atoms with van der Waals surface area (Å²) in [6.07, 6.45) is 4.39. The highest BCUT2D eigenvalue weighted by Crippen LogP contribution is 2.40. The van der Waals surface area contributed by atoms with Crippen LogP contribution in [0.2, 0.25) is 0 Å². The monoisotopic (exact) mass is 230 g/mol. The van der Waals surface area contributed by atoms with E-state index in [0.29, 0.717) is 11.6 Å². The van der Waals surface area contributed by atoms with Gasteiger partial charge in [-0.2, -0.15) is 0 Å². The van der Waals surface area contributed by atoms with Crippen LogP contribution in [0.25, 0.3) is 11.0 Å². The van der Waals surface area contributed by atoms with E-state index in [1.54, 1.807) is 12.1 Å². The van der Waals surface area contributed by atoms with Crippen molar-refractivity contribution in [2.24, 2.45) is 5.92 Å². The van der Waals surface area contributed by atoms with Gasteiger partial charge in [-0.15, -0.1) is 0 Å². The van der Waals surface area contributed by atoms with E-state index in [-0.39, 0.29) is 0 Å². The van der Waals surface area contributed by atoms with E-state index >= 15 is 0 Å². The van der Waals surface area contributed by atoms with Crippen LogP contribution in [-0.4, -0.2) is 20.6 Å². The lowest BCUT2D eigenvalue weighted by atomic mass is 10.1. The Morgan fingerprint density at radius 3 is 2.94 bits per heavy atom. The van der Waals surface area contributed by atoms with E-state index in [4.69, 9.17) is 5.11 Å². The van der Waals surface area contributed by atoms with Gasteiger partial charge in [0.15, 0.2) is 0 Å². The van der Waals surface area contributed by atoms with E-state index in [9.17, 15) is 4.79 Å². The zero-order chi connectivity index (χ0) is 12.0. The van der Waals surface area contributed by atoms with Crippen LogP contribution in [0.15, 0.2) is 24.5 Å². The first-order valence-electron chi connectivity index (χ1n) is 5.86. The molecule has 0 spiro atoms. The second-order valence-corrected chi connectivity index (χ2v) is 4.74. The first kappa shape index (κ1) is 10.3. The Hall–Kier alpha value is -1.84. The van der Waals surface area contributed by atoms with Gasteiger partial charge < -0.3 is 9.67 Å². The van der Waals surface area contributed by atoms with Gasteiger partial charge in [-0.25, -0.2) is 9.78 Å². The largest absolute Gasteiger partial charge is 0.478 e. The Bertz CT molecular complexity index is 584. The Morgan fingerprint density at radius 1 is 1.53 bits per heavy atom. The van der Waals surface area contributed by atoms with Crippen molar-refractivity contribution in [1.29, 1.82) is 0 Å². The van der Waals surface area contributed by atoms with Crippen molar-refractivity contribution in [2.75, 3.05) is 0 Å². The molecule has 0 bridgehead atoms. The van der Waals surface area contributed by atoms with Crippen molar-refractivity contribution in [3.63, 3.8) is 0 Å². The van der Waals surface area contributed by atoms with Crippen LogP contribution in [0, 0.1) is 5.92 Å². The molecule has 4 nitrogen and oxygen atoms in total. The smallest absolute Gasteiger partial charge is 0.335 e. The Balaban J connectivity index is 2.07. The van der Waals surface area contributed by atoms with Crippen LogP contribution in [0.4, 0.5) is 0 Å². The predicted molar refractivity (Wildman–Crippen MR) is 64.1 cm³/mol. The number of carboxylic acid groups (broad SMARTS) is 1. The number of carbonyl (C=O) groups is 1. The Labute approximate surface area is 98.9 Å². The zero-order valence-electron chi connectivity index (χ0n) is 9.63. The fourth-order valence-electron chi connectivity index (χ4n) is 2.30. The Morgan fingerprint density at radius 2 is 2.29 bits per heavy atom. The van der Waals surface area contributed by atoms with Gasteiger partial charge in [0.05, 0.1) is 22.9 Å². The van der Waals surface area contributed by atoms with Gasteiger partial charge >= 0.3 is 5.97 Å². The molecule has 1 unspecified atom stereocenters. The third kappa shape index (κ3) is 1.69. The van der Waals surface area contributed by atoms with Crippen molar-refractivity contribution in [1.82, 2.24) is 9.55 Å². The van der Waals surface area contributed by atoms with Crippen molar-refractivity contribution in [2.45, 2.75) is 25.8 Å². The first-order valence-corrected chi connectivity index (χ1v) is 5.86. The molecule has 88 valence electrons.